The Kier molecular flexibility index (Phi) is 5.74. The second kappa shape index (κ2) is 8.60. The van der Waals surface area contributed by atoms with E-state index in [1.807, 2.05) is 60.0 Å². The summed E-state index contributed by atoms with van der Waals surface area (Å²) >= 11 is 7.88. The molecule has 0 saturated heterocycles. The maximum absolute atomic E-state index is 12.5. The Labute approximate surface area is 179 Å². The van der Waals surface area contributed by atoms with Crippen LogP contribution in [0.1, 0.15) is 22.8 Å². The highest BCUT2D eigenvalue weighted by Crippen LogP contribution is 2.29. The van der Waals surface area contributed by atoms with Crippen LogP contribution >= 0.6 is 22.9 Å². The lowest BCUT2D eigenvalue weighted by atomic mass is 10.1. The van der Waals surface area contributed by atoms with Crippen molar-refractivity contribution in [2.75, 3.05) is 5.32 Å². The first kappa shape index (κ1) is 19.4. The Morgan fingerprint density at radius 3 is 2.45 bits per heavy atom. The van der Waals surface area contributed by atoms with Crippen molar-refractivity contribution in [1.29, 1.82) is 0 Å². The van der Waals surface area contributed by atoms with Gasteiger partial charge in [-0.2, -0.15) is 0 Å². The van der Waals surface area contributed by atoms with Gasteiger partial charge in [-0.25, -0.2) is 4.98 Å². The zero-order valence-corrected chi connectivity index (χ0v) is 17.4. The highest BCUT2D eigenvalue weighted by Gasteiger charge is 2.12. The van der Waals surface area contributed by atoms with Crippen LogP contribution in [0.3, 0.4) is 0 Å². The fraction of sp³-hybridized carbons (Fsp3) is 0.0833. The average molecular weight is 419 g/mol. The lowest BCUT2D eigenvalue weighted by Gasteiger charge is -2.08. The van der Waals surface area contributed by atoms with Crippen LogP contribution in [0.2, 0.25) is 5.02 Å². The zero-order valence-electron chi connectivity index (χ0n) is 15.9. The number of aromatic nitrogens is 1. The Morgan fingerprint density at radius 2 is 1.76 bits per heavy atom. The molecule has 3 nitrogen and oxygen atoms in total. The summed E-state index contributed by atoms with van der Waals surface area (Å²) in [5.41, 5.74) is 5.33. The third-order valence-electron chi connectivity index (χ3n) is 4.65. The molecule has 0 fully saturated rings. The van der Waals surface area contributed by atoms with Crippen LogP contribution in [0.15, 0.2) is 78.2 Å². The fourth-order valence-electron chi connectivity index (χ4n) is 3.01. The second-order valence-electron chi connectivity index (χ2n) is 6.60. The summed E-state index contributed by atoms with van der Waals surface area (Å²) < 4.78 is 0. The van der Waals surface area contributed by atoms with E-state index in [4.69, 9.17) is 16.6 Å². The predicted octanol–water partition coefficient (Wildman–Crippen LogP) is 6.95. The number of anilines is 1. The summed E-state index contributed by atoms with van der Waals surface area (Å²) in [5.74, 6) is -0.217. The number of carbonyl (C=O) groups is 1. The third-order valence-corrected chi connectivity index (χ3v) is 5.85. The van der Waals surface area contributed by atoms with Crippen LogP contribution in [0.4, 0.5) is 5.69 Å². The van der Waals surface area contributed by atoms with Gasteiger partial charge in [-0.05, 0) is 36.2 Å². The van der Waals surface area contributed by atoms with Gasteiger partial charge in [-0.15, -0.1) is 11.3 Å². The van der Waals surface area contributed by atoms with Crippen LogP contribution < -0.4 is 5.32 Å². The standard InChI is InChI=1S/C24H19ClN2OS/c1-2-16-8-13-20(21(25)14-16)23(28)26-19-11-9-17(10-12-19)22-15-29-24(27-22)18-6-4-3-5-7-18/h3-15H,2H2,1H3,(H,26,28). The number of hydrogen-bond acceptors (Lipinski definition) is 3. The van der Waals surface area contributed by atoms with Gasteiger partial charge in [0, 0.05) is 22.2 Å². The van der Waals surface area contributed by atoms with E-state index in [2.05, 4.69) is 24.4 Å². The summed E-state index contributed by atoms with van der Waals surface area (Å²) in [4.78, 5) is 17.3. The number of thiazole rings is 1. The van der Waals surface area contributed by atoms with Gasteiger partial charge in [0.2, 0.25) is 0 Å². The monoisotopic (exact) mass is 418 g/mol. The van der Waals surface area contributed by atoms with Crippen molar-refractivity contribution in [3.05, 3.63) is 94.3 Å². The summed E-state index contributed by atoms with van der Waals surface area (Å²) in [6.45, 7) is 2.05. The molecular weight excluding hydrogens is 400 g/mol. The van der Waals surface area contributed by atoms with Gasteiger partial charge in [0.15, 0.2) is 0 Å². The molecule has 0 spiro atoms. The van der Waals surface area contributed by atoms with Gasteiger partial charge < -0.3 is 5.32 Å². The van der Waals surface area contributed by atoms with Crippen molar-refractivity contribution >= 4 is 34.5 Å². The minimum Gasteiger partial charge on any atom is -0.322 e. The molecule has 0 aliphatic rings. The molecule has 0 aliphatic carbocycles. The van der Waals surface area contributed by atoms with E-state index in [9.17, 15) is 4.79 Å². The van der Waals surface area contributed by atoms with Gasteiger partial charge in [0.1, 0.15) is 5.01 Å². The molecule has 0 saturated carbocycles. The maximum Gasteiger partial charge on any atom is 0.257 e. The molecule has 0 unspecified atom stereocenters. The first-order chi connectivity index (χ1) is 14.1. The third kappa shape index (κ3) is 4.39. The Balaban J connectivity index is 1.48. The Hall–Kier alpha value is -2.95. The molecule has 4 rings (SSSR count). The van der Waals surface area contributed by atoms with Gasteiger partial charge in [-0.3, -0.25) is 4.79 Å². The van der Waals surface area contributed by atoms with Crippen molar-refractivity contribution in [2.45, 2.75) is 13.3 Å². The summed E-state index contributed by atoms with van der Waals surface area (Å²) in [5, 5.41) is 6.41. The lowest BCUT2D eigenvalue weighted by molar-refractivity contribution is 0.102. The van der Waals surface area contributed by atoms with Crippen molar-refractivity contribution < 1.29 is 4.79 Å². The molecule has 0 radical (unpaired) electrons. The van der Waals surface area contributed by atoms with Crippen LogP contribution in [-0.4, -0.2) is 10.9 Å². The van der Waals surface area contributed by atoms with Gasteiger partial charge in [0.25, 0.3) is 5.91 Å². The first-order valence-corrected chi connectivity index (χ1v) is 10.6. The number of benzene rings is 3. The van der Waals surface area contributed by atoms with Crippen LogP contribution in [0.5, 0.6) is 0 Å². The highest BCUT2D eigenvalue weighted by molar-refractivity contribution is 7.13. The number of halogens is 1. The van der Waals surface area contributed by atoms with E-state index in [1.165, 1.54) is 0 Å². The fourth-order valence-corrected chi connectivity index (χ4v) is 4.13. The largest absolute Gasteiger partial charge is 0.322 e. The number of hydrogen-bond donors (Lipinski definition) is 1. The minimum atomic E-state index is -0.217. The number of carbonyl (C=O) groups excluding carboxylic acids is 1. The predicted molar refractivity (Wildman–Crippen MR) is 122 cm³/mol. The number of aryl methyl sites for hydroxylation is 1. The summed E-state index contributed by atoms with van der Waals surface area (Å²) in [6, 6.07) is 23.3. The molecule has 0 atom stereocenters. The van der Waals surface area contributed by atoms with Crippen LogP contribution in [0.25, 0.3) is 21.8 Å². The molecular formula is C24H19ClN2OS. The van der Waals surface area contributed by atoms with E-state index in [1.54, 1.807) is 17.4 Å². The Morgan fingerprint density at radius 1 is 1.00 bits per heavy atom. The summed E-state index contributed by atoms with van der Waals surface area (Å²) in [6.07, 6.45) is 0.881. The van der Waals surface area contributed by atoms with E-state index < -0.39 is 0 Å². The zero-order chi connectivity index (χ0) is 20.2. The average Bonchev–Trinajstić information content (AvgIpc) is 3.25. The molecule has 1 aromatic heterocycles. The van der Waals surface area contributed by atoms with Crippen molar-refractivity contribution in [1.82, 2.24) is 4.98 Å². The smallest absolute Gasteiger partial charge is 0.257 e. The molecule has 29 heavy (non-hydrogen) atoms. The molecule has 0 aliphatic heterocycles. The molecule has 1 amide bonds. The quantitative estimate of drug-likeness (QED) is 0.381. The van der Waals surface area contributed by atoms with E-state index in [0.717, 1.165) is 33.8 Å². The first-order valence-electron chi connectivity index (χ1n) is 9.35. The van der Waals surface area contributed by atoms with Crippen molar-refractivity contribution in [3.8, 4) is 21.8 Å². The van der Waals surface area contributed by atoms with E-state index in [-0.39, 0.29) is 5.91 Å². The molecule has 0 bridgehead atoms. The number of amides is 1. The lowest BCUT2D eigenvalue weighted by Crippen LogP contribution is -2.12. The number of nitrogens with zero attached hydrogens (tertiary/aromatic N) is 1. The Bertz CT molecular complexity index is 1140. The molecule has 3 aromatic carbocycles. The molecule has 4 aromatic rings. The molecule has 5 heteroatoms. The minimum absolute atomic E-state index is 0.217. The van der Waals surface area contributed by atoms with Gasteiger partial charge in [-0.1, -0.05) is 67.1 Å². The normalized spacial score (nSPS) is 10.7. The van der Waals surface area contributed by atoms with Gasteiger partial charge >= 0.3 is 0 Å². The second-order valence-corrected chi connectivity index (χ2v) is 7.87. The highest BCUT2D eigenvalue weighted by atomic mass is 35.5. The number of rotatable bonds is 5. The van der Waals surface area contributed by atoms with Crippen molar-refractivity contribution in [2.24, 2.45) is 0 Å². The van der Waals surface area contributed by atoms with E-state index in [0.29, 0.717) is 16.3 Å². The summed E-state index contributed by atoms with van der Waals surface area (Å²) in [7, 11) is 0. The maximum atomic E-state index is 12.5. The van der Waals surface area contributed by atoms with Crippen LogP contribution in [0, 0.1) is 0 Å². The molecule has 1 heterocycles. The van der Waals surface area contributed by atoms with Gasteiger partial charge in [0.05, 0.1) is 16.3 Å². The topological polar surface area (TPSA) is 42.0 Å². The van der Waals surface area contributed by atoms with Crippen molar-refractivity contribution in [3.63, 3.8) is 0 Å². The number of nitrogens with one attached hydrogen (secondary N) is 1. The molecule has 1 N–H and O–H groups in total. The van der Waals surface area contributed by atoms with E-state index >= 15 is 0 Å². The molecule has 144 valence electrons. The SMILES string of the molecule is CCc1ccc(C(=O)Nc2ccc(-c3csc(-c4ccccc4)n3)cc2)c(Cl)c1. The van der Waals surface area contributed by atoms with Crippen LogP contribution in [-0.2, 0) is 6.42 Å².